The molecule has 0 fully saturated rings. The Morgan fingerprint density at radius 1 is 1.67 bits per heavy atom. The van der Waals surface area contributed by atoms with Crippen LogP contribution in [0.5, 0.6) is 0 Å². The fraction of sp³-hybridized carbons (Fsp3) is 0. The van der Waals surface area contributed by atoms with Crippen LogP contribution in [0.15, 0.2) is 18.3 Å². The van der Waals surface area contributed by atoms with Gasteiger partial charge in [-0.25, -0.2) is 4.98 Å². The molecule has 0 N–H and O–H groups in total. The van der Waals surface area contributed by atoms with Crippen LogP contribution in [-0.4, -0.2) is 24.2 Å². The SMILES string of the molecule is Fc1c[c]([Mg][Cl])ccn1. The maximum Gasteiger partial charge on any atom is 0.538 e. The molecule has 0 saturated heterocycles. The van der Waals surface area contributed by atoms with Gasteiger partial charge in [-0.3, -0.25) is 0 Å². The van der Waals surface area contributed by atoms with E-state index in [1.807, 2.05) is 0 Å². The molecule has 0 amide bonds. The fourth-order valence-electron chi connectivity index (χ4n) is 0.526. The van der Waals surface area contributed by atoms with E-state index in [2.05, 4.69) is 4.98 Å². The molecule has 0 atom stereocenters. The summed E-state index contributed by atoms with van der Waals surface area (Å²) < 4.78 is 13.1. The average Bonchev–Trinajstić information content (AvgIpc) is 1.88. The third-order valence-electron chi connectivity index (χ3n) is 0.945. The third-order valence-corrected chi connectivity index (χ3v) is 2.62. The van der Waals surface area contributed by atoms with E-state index in [0.29, 0.717) is 0 Å². The summed E-state index contributed by atoms with van der Waals surface area (Å²) >= 11 is -0.738. The second-order valence-corrected chi connectivity index (χ2v) is 3.51. The predicted octanol–water partition coefficient (Wildman–Crippen LogP) is 0.704. The topological polar surface area (TPSA) is 12.9 Å². The van der Waals surface area contributed by atoms with Gasteiger partial charge >= 0.3 is 19.3 Å². The van der Waals surface area contributed by atoms with E-state index in [-0.39, 0.29) is 0 Å². The number of hydrogen-bond donors (Lipinski definition) is 0. The smallest absolute Gasteiger partial charge is 0.336 e. The molecule has 1 rings (SSSR count). The van der Waals surface area contributed by atoms with Crippen molar-refractivity contribution < 1.29 is 4.39 Å². The quantitative estimate of drug-likeness (QED) is 0.430. The Balaban J connectivity index is 2.94. The average molecular weight is 156 g/mol. The van der Waals surface area contributed by atoms with E-state index < -0.39 is 25.2 Å². The lowest BCUT2D eigenvalue weighted by atomic mass is 10.5. The van der Waals surface area contributed by atoms with Crippen LogP contribution >= 0.6 is 9.07 Å². The summed E-state index contributed by atoms with van der Waals surface area (Å²) in [7, 11) is 5.54. The van der Waals surface area contributed by atoms with Crippen molar-refractivity contribution in [3.05, 3.63) is 24.3 Å². The number of nitrogens with zero attached hydrogens (tertiary/aromatic N) is 1. The van der Waals surface area contributed by atoms with Gasteiger partial charge in [0, 0.05) is 6.20 Å². The van der Waals surface area contributed by atoms with Gasteiger partial charge in [-0.05, 0) is 6.07 Å². The first-order valence-corrected chi connectivity index (χ1v) is 5.34. The molecule has 0 radical (unpaired) electrons. The van der Waals surface area contributed by atoms with Crippen molar-refractivity contribution in [1.29, 1.82) is 0 Å². The van der Waals surface area contributed by atoms with E-state index in [9.17, 15) is 4.39 Å². The van der Waals surface area contributed by atoms with Gasteiger partial charge in [-0.1, -0.05) is 6.07 Å². The number of rotatable bonds is 1. The highest BCUT2D eigenvalue weighted by Gasteiger charge is 1.95. The molecule has 1 heterocycles. The lowest BCUT2D eigenvalue weighted by Gasteiger charge is -1.90. The molecule has 1 aromatic rings. The number of pyridine rings is 1. The molecule has 0 spiro atoms. The van der Waals surface area contributed by atoms with Gasteiger partial charge < -0.3 is 9.07 Å². The van der Waals surface area contributed by atoms with Crippen LogP contribution in [0, 0.1) is 5.95 Å². The van der Waals surface area contributed by atoms with Crippen LogP contribution in [0.3, 0.4) is 0 Å². The minimum atomic E-state index is -0.738. The molecule has 1 nitrogen and oxygen atoms in total. The van der Waals surface area contributed by atoms with Crippen LogP contribution < -0.4 is 3.69 Å². The fourth-order valence-corrected chi connectivity index (χ4v) is 1.46. The van der Waals surface area contributed by atoms with Crippen molar-refractivity contribution in [1.82, 2.24) is 4.98 Å². The first-order chi connectivity index (χ1) is 4.33. The summed E-state index contributed by atoms with van der Waals surface area (Å²) in [6, 6.07) is 3.11. The van der Waals surface area contributed by atoms with Crippen LogP contribution in [0.2, 0.25) is 0 Å². The zero-order chi connectivity index (χ0) is 6.69. The lowest BCUT2D eigenvalue weighted by Crippen LogP contribution is -2.08. The molecule has 0 unspecified atom stereocenters. The Morgan fingerprint density at radius 2 is 2.44 bits per heavy atom. The minimum absolute atomic E-state index is 0.444. The van der Waals surface area contributed by atoms with Gasteiger partial charge in [0.05, 0.1) is 0 Å². The normalized spacial score (nSPS) is 8.67. The summed E-state index contributed by atoms with van der Waals surface area (Å²) in [6.45, 7) is 0. The summed E-state index contributed by atoms with van der Waals surface area (Å²) in [6.07, 6.45) is 1.43. The standard InChI is InChI=1S/C5H3FN.ClH.Mg/c6-5-3-1-2-4-7-5;;/h2-4H;1H;/q;;+1/p-1. The van der Waals surface area contributed by atoms with E-state index in [1.54, 1.807) is 6.07 Å². The second-order valence-electron chi connectivity index (χ2n) is 1.62. The van der Waals surface area contributed by atoms with E-state index in [0.717, 1.165) is 3.69 Å². The van der Waals surface area contributed by atoms with Gasteiger partial charge in [-0.2, -0.15) is 4.39 Å². The summed E-state index contributed by atoms with van der Waals surface area (Å²) in [5.74, 6) is -0.444. The summed E-state index contributed by atoms with van der Waals surface area (Å²) in [5.41, 5.74) is 0. The first-order valence-electron chi connectivity index (χ1n) is 2.49. The third kappa shape index (κ3) is 2.08. The van der Waals surface area contributed by atoms with E-state index >= 15 is 0 Å². The van der Waals surface area contributed by atoms with Gasteiger partial charge in [-0.15, -0.1) is 3.69 Å². The van der Waals surface area contributed by atoms with Crippen molar-refractivity contribution in [2.75, 3.05) is 0 Å². The summed E-state index contributed by atoms with van der Waals surface area (Å²) in [4.78, 5) is 3.38. The largest absolute Gasteiger partial charge is 0.538 e. The lowest BCUT2D eigenvalue weighted by molar-refractivity contribution is 0.585. The molecular formula is C5H3ClFMgN. The van der Waals surface area contributed by atoms with Crippen molar-refractivity contribution in [2.24, 2.45) is 0 Å². The van der Waals surface area contributed by atoms with Crippen molar-refractivity contribution in [3.63, 3.8) is 0 Å². The molecule has 0 aliphatic rings. The van der Waals surface area contributed by atoms with Crippen LogP contribution in [0.1, 0.15) is 0 Å². The predicted molar refractivity (Wildman–Crippen MR) is 35.4 cm³/mol. The van der Waals surface area contributed by atoms with Crippen LogP contribution in [0.4, 0.5) is 4.39 Å². The number of aromatic nitrogens is 1. The molecule has 9 heavy (non-hydrogen) atoms. The molecule has 4 heteroatoms. The Labute approximate surface area is 65.7 Å². The molecule has 44 valence electrons. The highest BCUT2D eigenvalue weighted by Crippen LogP contribution is 1.86. The maximum absolute atomic E-state index is 12.2. The Hall–Kier alpha value is 0.136. The Bertz CT molecular complexity index is 206. The number of hydrogen-bond acceptors (Lipinski definition) is 1. The van der Waals surface area contributed by atoms with Gasteiger partial charge in [0.2, 0.25) is 5.95 Å². The molecule has 0 saturated carbocycles. The van der Waals surface area contributed by atoms with Gasteiger partial charge in [0.15, 0.2) is 0 Å². The van der Waals surface area contributed by atoms with Gasteiger partial charge in [0.1, 0.15) is 0 Å². The second kappa shape index (κ2) is 3.34. The Morgan fingerprint density at radius 3 is 2.89 bits per heavy atom. The molecule has 1 aromatic heterocycles. The van der Waals surface area contributed by atoms with Crippen molar-refractivity contribution in [3.8, 4) is 0 Å². The van der Waals surface area contributed by atoms with E-state index in [4.69, 9.17) is 9.07 Å². The molecule has 0 aliphatic heterocycles. The van der Waals surface area contributed by atoms with Crippen molar-refractivity contribution >= 4 is 32.0 Å². The molecule has 0 bridgehead atoms. The summed E-state index contributed by atoms with van der Waals surface area (Å²) in [5, 5.41) is 0. The highest BCUT2D eigenvalue weighted by atomic mass is 35.5. The maximum atomic E-state index is 12.2. The zero-order valence-corrected chi connectivity index (χ0v) is 6.81. The molecular weight excluding hydrogens is 153 g/mol. The van der Waals surface area contributed by atoms with Crippen LogP contribution in [0.25, 0.3) is 0 Å². The van der Waals surface area contributed by atoms with Gasteiger partial charge in [0.25, 0.3) is 0 Å². The Kier molecular flexibility index (Phi) is 2.69. The molecule has 0 aromatic carbocycles. The monoisotopic (exact) mass is 155 g/mol. The molecule has 0 aliphatic carbocycles. The minimum Gasteiger partial charge on any atom is -0.336 e. The van der Waals surface area contributed by atoms with Crippen LogP contribution in [-0.2, 0) is 0 Å². The first kappa shape index (κ1) is 7.25. The highest BCUT2D eigenvalue weighted by molar-refractivity contribution is 7.01. The van der Waals surface area contributed by atoms with E-state index in [1.165, 1.54) is 12.3 Å². The number of halogens is 2. The zero-order valence-electron chi connectivity index (χ0n) is 4.64. The van der Waals surface area contributed by atoms with Crippen molar-refractivity contribution in [2.45, 2.75) is 0 Å².